The van der Waals surface area contributed by atoms with E-state index < -0.39 is 0 Å². The largest absolute Gasteiger partial charge is 0.376 e. The van der Waals surface area contributed by atoms with Crippen LogP contribution >= 0.6 is 0 Å². The molecule has 0 spiro atoms. The molecule has 2 heteroatoms. The van der Waals surface area contributed by atoms with Crippen molar-refractivity contribution in [2.75, 3.05) is 13.2 Å². The average molecular weight is 399 g/mol. The second kappa shape index (κ2) is 23.2. The maximum atomic E-state index is 5.92. The van der Waals surface area contributed by atoms with E-state index in [-0.39, 0.29) is 0 Å². The molecule has 0 aliphatic carbocycles. The van der Waals surface area contributed by atoms with Crippen molar-refractivity contribution in [2.24, 2.45) is 0 Å². The van der Waals surface area contributed by atoms with E-state index in [0.717, 1.165) is 13.2 Å². The number of hydrogen-bond acceptors (Lipinski definition) is 2. The summed E-state index contributed by atoms with van der Waals surface area (Å²) in [4.78, 5) is 0. The standard InChI is InChI=1S/C26H54O2/c1-5-7-9-11-13-15-17-19-21-25(3)27-23-24-28-26(4)22-20-18-16-14-12-10-8-6-2/h25-26H,5-24H2,1-4H3. The van der Waals surface area contributed by atoms with Gasteiger partial charge in [-0.1, -0.05) is 117 Å². The van der Waals surface area contributed by atoms with Crippen LogP contribution in [0.15, 0.2) is 0 Å². The van der Waals surface area contributed by atoms with E-state index in [1.165, 1.54) is 116 Å². The van der Waals surface area contributed by atoms with Crippen LogP contribution in [0.5, 0.6) is 0 Å². The van der Waals surface area contributed by atoms with Crippen LogP contribution in [0.25, 0.3) is 0 Å². The first-order valence-corrected chi connectivity index (χ1v) is 12.9. The predicted octanol–water partition coefficient (Wildman–Crippen LogP) is 8.86. The molecule has 0 aromatic carbocycles. The summed E-state index contributed by atoms with van der Waals surface area (Å²) in [6, 6.07) is 0. The zero-order valence-corrected chi connectivity index (χ0v) is 20.1. The molecule has 0 aromatic rings. The lowest BCUT2D eigenvalue weighted by Crippen LogP contribution is -2.16. The molecule has 0 aromatic heterocycles. The highest BCUT2D eigenvalue weighted by molar-refractivity contribution is 4.55. The molecule has 0 aliphatic rings. The third-order valence-corrected chi connectivity index (χ3v) is 5.82. The molecular weight excluding hydrogens is 344 g/mol. The average Bonchev–Trinajstić information content (AvgIpc) is 2.69. The van der Waals surface area contributed by atoms with Crippen molar-refractivity contribution >= 4 is 0 Å². The lowest BCUT2D eigenvalue weighted by Gasteiger charge is -2.16. The highest BCUT2D eigenvalue weighted by Crippen LogP contribution is 2.13. The van der Waals surface area contributed by atoms with Crippen molar-refractivity contribution in [1.82, 2.24) is 0 Å². The summed E-state index contributed by atoms with van der Waals surface area (Å²) in [6.45, 7) is 10.5. The summed E-state index contributed by atoms with van der Waals surface area (Å²) in [5, 5.41) is 0. The summed E-state index contributed by atoms with van der Waals surface area (Å²) in [5.41, 5.74) is 0. The Balaban J connectivity index is 3.28. The molecule has 170 valence electrons. The number of rotatable bonds is 23. The third-order valence-electron chi connectivity index (χ3n) is 5.82. The van der Waals surface area contributed by atoms with Gasteiger partial charge in [-0.25, -0.2) is 0 Å². The van der Waals surface area contributed by atoms with Gasteiger partial charge >= 0.3 is 0 Å². The summed E-state index contributed by atoms with van der Waals surface area (Å²) >= 11 is 0. The van der Waals surface area contributed by atoms with E-state index in [9.17, 15) is 0 Å². The molecule has 0 bridgehead atoms. The third kappa shape index (κ3) is 22.2. The van der Waals surface area contributed by atoms with Crippen LogP contribution in [0.4, 0.5) is 0 Å². The lowest BCUT2D eigenvalue weighted by atomic mass is 10.1. The van der Waals surface area contributed by atoms with Gasteiger partial charge in [0.05, 0.1) is 25.4 Å². The van der Waals surface area contributed by atoms with Gasteiger partial charge in [-0.2, -0.15) is 0 Å². The monoisotopic (exact) mass is 398 g/mol. The zero-order chi connectivity index (χ0) is 20.7. The quantitative estimate of drug-likeness (QED) is 0.160. The number of hydrogen-bond donors (Lipinski definition) is 0. The minimum absolute atomic E-state index is 0.381. The van der Waals surface area contributed by atoms with E-state index in [1.807, 2.05) is 0 Å². The van der Waals surface area contributed by atoms with Gasteiger partial charge in [0.1, 0.15) is 0 Å². The molecule has 2 nitrogen and oxygen atoms in total. The lowest BCUT2D eigenvalue weighted by molar-refractivity contribution is -0.0169. The topological polar surface area (TPSA) is 18.5 Å². The molecule has 28 heavy (non-hydrogen) atoms. The van der Waals surface area contributed by atoms with Gasteiger partial charge in [-0.3, -0.25) is 0 Å². The van der Waals surface area contributed by atoms with Crippen LogP contribution in [0.2, 0.25) is 0 Å². The fourth-order valence-electron chi connectivity index (χ4n) is 3.80. The molecular formula is C26H54O2. The van der Waals surface area contributed by atoms with Crippen LogP contribution < -0.4 is 0 Å². The second-order valence-corrected chi connectivity index (χ2v) is 8.89. The molecule has 0 saturated carbocycles. The highest BCUT2D eigenvalue weighted by atomic mass is 16.5. The van der Waals surface area contributed by atoms with Crippen molar-refractivity contribution < 1.29 is 9.47 Å². The summed E-state index contributed by atoms with van der Waals surface area (Å²) in [5.74, 6) is 0. The van der Waals surface area contributed by atoms with Crippen LogP contribution in [-0.2, 0) is 9.47 Å². The van der Waals surface area contributed by atoms with Gasteiger partial charge < -0.3 is 9.47 Å². The Labute approximate surface area is 178 Å². The van der Waals surface area contributed by atoms with Crippen LogP contribution in [0.3, 0.4) is 0 Å². The molecule has 0 radical (unpaired) electrons. The first-order valence-electron chi connectivity index (χ1n) is 12.9. The van der Waals surface area contributed by atoms with Gasteiger partial charge in [0.2, 0.25) is 0 Å². The molecule has 2 atom stereocenters. The molecule has 0 N–H and O–H groups in total. The Morgan fingerprint density at radius 3 is 1.04 bits per heavy atom. The Kier molecular flexibility index (Phi) is 23.1. The van der Waals surface area contributed by atoms with Crippen molar-refractivity contribution in [3.8, 4) is 0 Å². The minimum Gasteiger partial charge on any atom is -0.376 e. The first kappa shape index (κ1) is 27.9. The number of unbranched alkanes of at least 4 members (excludes halogenated alkanes) is 14. The second-order valence-electron chi connectivity index (χ2n) is 8.89. The van der Waals surface area contributed by atoms with E-state index in [4.69, 9.17) is 9.47 Å². The van der Waals surface area contributed by atoms with Gasteiger partial charge in [-0.15, -0.1) is 0 Å². The zero-order valence-electron chi connectivity index (χ0n) is 20.1. The molecule has 0 amide bonds. The molecule has 0 rings (SSSR count). The first-order chi connectivity index (χ1) is 13.7. The molecule has 2 unspecified atom stereocenters. The SMILES string of the molecule is CCCCCCCCCCC(C)OCCOC(C)CCCCCCCCCC. The summed E-state index contributed by atoms with van der Waals surface area (Å²) < 4.78 is 11.8. The Bertz CT molecular complexity index is 252. The van der Waals surface area contributed by atoms with Crippen molar-refractivity contribution in [3.05, 3.63) is 0 Å². The van der Waals surface area contributed by atoms with E-state index in [2.05, 4.69) is 27.7 Å². The fourth-order valence-corrected chi connectivity index (χ4v) is 3.80. The number of ether oxygens (including phenoxy) is 2. The Morgan fingerprint density at radius 2 is 0.714 bits per heavy atom. The van der Waals surface area contributed by atoms with Crippen LogP contribution in [-0.4, -0.2) is 25.4 Å². The van der Waals surface area contributed by atoms with Crippen molar-refractivity contribution in [3.63, 3.8) is 0 Å². The predicted molar refractivity (Wildman–Crippen MR) is 125 cm³/mol. The summed E-state index contributed by atoms with van der Waals surface area (Å²) in [7, 11) is 0. The van der Waals surface area contributed by atoms with Crippen LogP contribution in [0, 0.1) is 0 Å². The smallest absolute Gasteiger partial charge is 0.0704 e. The normalized spacial score (nSPS) is 13.7. The fraction of sp³-hybridized carbons (Fsp3) is 1.00. The van der Waals surface area contributed by atoms with Crippen molar-refractivity contribution in [1.29, 1.82) is 0 Å². The molecule has 0 saturated heterocycles. The maximum absolute atomic E-state index is 5.92. The minimum atomic E-state index is 0.381. The van der Waals surface area contributed by atoms with E-state index >= 15 is 0 Å². The van der Waals surface area contributed by atoms with Gasteiger partial charge in [0, 0.05) is 0 Å². The van der Waals surface area contributed by atoms with Crippen LogP contribution in [0.1, 0.15) is 143 Å². The Morgan fingerprint density at radius 1 is 0.429 bits per heavy atom. The van der Waals surface area contributed by atoms with Gasteiger partial charge in [0.15, 0.2) is 0 Å². The van der Waals surface area contributed by atoms with Gasteiger partial charge in [-0.05, 0) is 26.7 Å². The summed E-state index contributed by atoms with van der Waals surface area (Å²) in [6.07, 6.45) is 25.3. The van der Waals surface area contributed by atoms with E-state index in [0.29, 0.717) is 12.2 Å². The van der Waals surface area contributed by atoms with Gasteiger partial charge in [0.25, 0.3) is 0 Å². The molecule has 0 aliphatic heterocycles. The maximum Gasteiger partial charge on any atom is 0.0704 e. The molecule has 0 heterocycles. The highest BCUT2D eigenvalue weighted by Gasteiger charge is 2.05. The van der Waals surface area contributed by atoms with Crippen molar-refractivity contribution in [2.45, 2.75) is 155 Å². The molecule has 0 fully saturated rings. The Hall–Kier alpha value is -0.0800. The van der Waals surface area contributed by atoms with E-state index in [1.54, 1.807) is 0 Å².